The first kappa shape index (κ1) is 16.9. The largest absolute Gasteiger partial charge is 0.318 e. The molecular weight excluding hydrogens is 310 g/mol. The fourth-order valence-electron chi connectivity index (χ4n) is 3.13. The van der Waals surface area contributed by atoms with Gasteiger partial charge >= 0.3 is 0 Å². The van der Waals surface area contributed by atoms with Gasteiger partial charge in [0.05, 0.1) is 0 Å². The van der Waals surface area contributed by atoms with Crippen LogP contribution < -0.4 is 5.56 Å². The van der Waals surface area contributed by atoms with Gasteiger partial charge in [-0.25, -0.2) is 0 Å². The van der Waals surface area contributed by atoms with E-state index in [1.165, 1.54) is 16.2 Å². The lowest BCUT2D eigenvalue weighted by molar-refractivity contribution is 0.0977. The van der Waals surface area contributed by atoms with Gasteiger partial charge in [-0.3, -0.25) is 9.59 Å². The first-order chi connectivity index (χ1) is 12.1. The van der Waals surface area contributed by atoms with Crippen molar-refractivity contribution >= 4 is 5.78 Å². The predicted molar refractivity (Wildman–Crippen MR) is 100 cm³/mol. The van der Waals surface area contributed by atoms with E-state index in [4.69, 9.17) is 0 Å². The highest BCUT2D eigenvalue weighted by atomic mass is 16.1. The molecule has 3 rings (SSSR count). The maximum absolute atomic E-state index is 12.9. The number of hydrogen-bond donors (Lipinski definition) is 0. The molecule has 25 heavy (non-hydrogen) atoms. The molecule has 0 aliphatic rings. The minimum Gasteiger partial charge on any atom is -0.318 e. The summed E-state index contributed by atoms with van der Waals surface area (Å²) in [5.41, 5.74) is 3.90. The van der Waals surface area contributed by atoms with Crippen molar-refractivity contribution in [1.29, 1.82) is 0 Å². The normalized spacial score (nSPS) is 11.9. The van der Waals surface area contributed by atoms with Crippen molar-refractivity contribution < 1.29 is 4.79 Å². The van der Waals surface area contributed by atoms with Crippen LogP contribution in [0.15, 0.2) is 77.7 Å². The Kier molecular flexibility index (Phi) is 4.94. The number of rotatable bonds is 5. The SMILES string of the molecule is Cc1ccccc1[C@H](CC(=O)c1ccc(=O)n(C)c1)c1ccccc1. The van der Waals surface area contributed by atoms with Crippen LogP contribution in [0, 0.1) is 6.92 Å². The summed E-state index contributed by atoms with van der Waals surface area (Å²) in [5, 5.41) is 0. The molecule has 0 saturated heterocycles. The molecule has 0 saturated carbocycles. The second kappa shape index (κ2) is 7.31. The van der Waals surface area contributed by atoms with Gasteiger partial charge in [0, 0.05) is 37.2 Å². The Balaban J connectivity index is 1.98. The Labute approximate surface area is 147 Å². The Hall–Kier alpha value is -2.94. The van der Waals surface area contributed by atoms with E-state index in [0.29, 0.717) is 12.0 Å². The third kappa shape index (κ3) is 3.77. The highest BCUT2D eigenvalue weighted by Gasteiger charge is 2.20. The molecule has 3 nitrogen and oxygen atoms in total. The van der Waals surface area contributed by atoms with Crippen LogP contribution in [0.25, 0.3) is 0 Å². The van der Waals surface area contributed by atoms with Gasteiger partial charge in [0.2, 0.25) is 5.56 Å². The molecule has 2 aromatic carbocycles. The van der Waals surface area contributed by atoms with Crippen molar-refractivity contribution in [1.82, 2.24) is 4.57 Å². The van der Waals surface area contributed by atoms with E-state index in [9.17, 15) is 9.59 Å². The van der Waals surface area contributed by atoms with E-state index in [2.05, 4.69) is 31.2 Å². The molecule has 0 amide bonds. The first-order valence-electron chi connectivity index (χ1n) is 8.36. The maximum atomic E-state index is 12.9. The van der Waals surface area contributed by atoms with Crippen molar-refractivity contribution in [3.63, 3.8) is 0 Å². The summed E-state index contributed by atoms with van der Waals surface area (Å²) in [6.07, 6.45) is 1.98. The lowest BCUT2D eigenvalue weighted by Crippen LogP contribution is -2.17. The molecule has 0 aliphatic carbocycles. The molecule has 126 valence electrons. The molecule has 0 unspecified atom stereocenters. The summed E-state index contributed by atoms with van der Waals surface area (Å²) >= 11 is 0. The molecule has 0 spiro atoms. The summed E-state index contributed by atoms with van der Waals surface area (Å²) in [7, 11) is 1.66. The lowest BCUT2D eigenvalue weighted by Gasteiger charge is -2.19. The summed E-state index contributed by atoms with van der Waals surface area (Å²) in [4.78, 5) is 24.4. The number of pyridine rings is 1. The zero-order chi connectivity index (χ0) is 17.8. The highest BCUT2D eigenvalue weighted by molar-refractivity contribution is 5.96. The van der Waals surface area contributed by atoms with Crippen LogP contribution in [0.3, 0.4) is 0 Å². The van der Waals surface area contributed by atoms with Gasteiger partial charge in [-0.2, -0.15) is 0 Å². The van der Waals surface area contributed by atoms with E-state index < -0.39 is 0 Å². The third-order valence-electron chi connectivity index (χ3n) is 4.56. The molecule has 3 aromatic rings. The Bertz CT molecular complexity index is 941. The van der Waals surface area contributed by atoms with Gasteiger partial charge in [-0.15, -0.1) is 0 Å². The molecule has 1 aromatic heterocycles. The Morgan fingerprint density at radius 3 is 2.32 bits per heavy atom. The van der Waals surface area contributed by atoms with Gasteiger partial charge < -0.3 is 4.57 Å². The van der Waals surface area contributed by atoms with E-state index in [0.717, 1.165) is 11.1 Å². The summed E-state index contributed by atoms with van der Waals surface area (Å²) in [6, 6.07) is 21.3. The molecule has 1 atom stereocenters. The van der Waals surface area contributed by atoms with Gasteiger partial charge in [0.1, 0.15) is 0 Å². The number of ketones is 1. The van der Waals surface area contributed by atoms with E-state index in [1.54, 1.807) is 19.3 Å². The number of aromatic nitrogens is 1. The number of benzene rings is 2. The van der Waals surface area contributed by atoms with Crippen molar-refractivity contribution in [2.75, 3.05) is 0 Å². The standard InChI is InChI=1S/C22H21NO2/c1-16-8-6-7-11-19(16)20(17-9-4-3-5-10-17)14-21(24)18-12-13-22(25)23(2)15-18/h3-13,15,20H,14H2,1-2H3/t20-/m1/s1. The second-order valence-corrected chi connectivity index (χ2v) is 6.31. The van der Waals surface area contributed by atoms with Crippen LogP contribution in [-0.2, 0) is 7.05 Å². The number of carbonyl (C=O) groups is 1. The van der Waals surface area contributed by atoms with E-state index in [-0.39, 0.29) is 17.3 Å². The maximum Gasteiger partial charge on any atom is 0.250 e. The van der Waals surface area contributed by atoms with Crippen LogP contribution >= 0.6 is 0 Å². The van der Waals surface area contributed by atoms with Crippen LogP contribution in [0.2, 0.25) is 0 Å². The average molecular weight is 331 g/mol. The van der Waals surface area contributed by atoms with Crippen molar-refractivity contribution in [2.24, 2.45) is 7.05 Å². The number of hydrogen-bond acceptors (Lipinski definition) is 2. The van der Waals surface area contributed by atoms with Crippen LogP contribution in [0.5, 0.6) is 0 Å². The van der Waals surface area contributed by atoms with Gasteiger partial charge in [0.25, 0.3) is 0 Å². The molecular formula is C22H21NO2. The molecule has 0 fully saturated rings. The zero-order valence-electron chi connectivity index (χ0n) is 14.5. The monoisotopic (exact) mass is 331 g/mol. The second-order valence-electron chi connectivity index (χ2n) is 6.31. The first-order valence-corrected chi connectivity index (χ1v) is 8.36. The fourth-order valence-corrected chi connectivity index (χ4v) is 3.13. The summed E-state index contributed by atoms with van der Waals surface area (Å²) in [5.74, 6) is 0.0276. The number of nitrogens with zero attached hydrogens (tertiary/aromatic N) is 1. The van der Waals surface area contributed by atoms with Crippen LogP contribution in [0.4, 0.5) is 0 Å². The summed E-state index contributed by atoms with van der Waals surface area (Å²) in [6.45, 7) is 2.07. The molecule has 0 N–H and O–H groups in total. The lowest BCUT2D eigenvalue weighted by atomic mass is 9.84. The van der Waals surface area contributed by atoms with Crippen molar-refractivity contribution in [3.05, 3.63) is 106 Å². The third-order valence-corrected chi connectivity index (χ3v) is 4.56. The quantitative estimate of drug-likeness (QED) is 0.660. The number of Topliss-reactive ketones (excluding diaryl/α,β-unsaturated/α-hetero) is 1. The molecule has 1 heterocycles. The predicted octanol–water partition coefficient (Wildman–Crippen LogP) is 4.10. The number of carbonyl (C=O) groups excluding carboxylic acids is 1. The average Bonchev–Trinajstić information content (AvgIpc) is 2.63. The summed E-state index contributed by atoms with van der Waals surface area (Å²) < 4.78 is 1.44. The van der Waals surface area contributed by atoms with Gasteiger partial charge in [0.15, 0.2) is 5.78 Å². The zero-order valence-corrected chi connectivity index (χ0v) is 14.5. The number of aryl methyl sites for hydroxylation is 2. The smallest absolute Gasteiger partial charge is 0.250 e. The Morgan fingerprint density at radius 2 is 1.64 bits per heavy atom. The van der Waals surface area contributed by atoms with Gasteiger partial charge in [-0.05, 0) is 29.7 Å². The molecule has 0 bridgehead atoms. The molecule has 3 heteroatoms. The van der Waals surface area contributed by atoms with E-state index >= 15 is 0 Å². The topological polar surface area (TPSA) is 39.1 Å². The van der Waals surface area contributed by atoms with E-state index in [1.807, 2.05) is 30.3 Å². The van der Waals surface area contributed by atoms with Crippen LogP contribution in [-0.4, -0.2) is 10.4 Å². The molecule has 0 aliphatic heterocycles. The van der Waals surface area contributed by atoms with Crippen molar-refractivity contribution in [2.45, 2.75) is 19.3 Å². The van der Waals surface area contributed by atoms with Crippen LogP contribution in [0.1, 0.15) is 39.4 Å². The minimum atomic E-state index is -0.116. The fraction of sp³-hybridized carbons (Fsp3) is 0.182. The van der Waals surface area contributed by atoms with Gasteiger partial charge in [-0.1, -0.05) is 54.6 Å². The highest BCUT2D eigenvalue weighted by Crippen LogP contribution is 2.31. The molecule has 0 radical (unpaired) electrons. The minimum absolute atomic E-state index is 0.00728. The van der Waals surface area contributed by atoms with Crippen molar-refractivity contribution in [3.8, 4) is 0 Å². The Morgan fingerprint density at radius 1 is 0.960 bits per heavy atom.